The SMILES string of the molecule is CC(C)C1(c2ccc(F)cc2)CC(O)C1. The van der Waals surface area contributed by atoms with E-state index in [1.54, 1.807) is 0 Å². The van der Waals surface area contributed by atoms with Crippen LogP contribution in [0.4, 0.5) is 4.39 Å². The van der Waals surface area contributed by atoms with Crippen LogP contribution in [-0.4, -0.2) is 11.2 Å². The number of hydrogen-bond donors (Lipinski definition) is 1. The first-order valence-electron chi connectivity index (χ1n) is 5.49. The monoisotopic (exact) mass is 208 g/mol. The Balaban J connectivity index is 2.30. The second kappa shape index (κ2) is 3.60. The highest BCUT2D eigenvalue weighted by Crippen LogP contribution is 2.49. The molecule has 1 aromatic carbocycles. The van der Waals surface area contributed by atoms with Crippen LogP contribution in [0.1, 0.15) is 32.3 Å². The second-order valence-electron chi connectivity index (χ2n) is 4.88. The van der Waals surface area contributed by atoms with Crippen molar-refractivity contribution in [3.05, 3.63) is 35.6 Å². The highest BCUT2D eigenvalue weighted by Gasteiger charge is 2.46. The Morgan fingerprint density at radius 3 is 2.20 bits per heavy atom. The predicted octanol–water partition coefficient (Wildman–Crippen LogP) is 2.87. The molecule has 0 atom stereocenters. The van der Waals surface area contributed by atoms with Crippen LogP contribution in [0, 0.1) is 11.7 Å². The van der Waals surface area contributed by atoms with Crippen molar-refractivity contribution in [3.8, 4) is 0 Å². The van der Waals surface area contributed by atoms with E-state index in [0.29, 0.717) is 5.92 Å². The summed E-state index contributed by atoms with van der Waals surface area (Å²) in [6.45, 7) is 4.32. The number of halogens is 1. The van der Waals surface area contributed by atoms with Crippen LogP contribution in [0.25, 0.3) is 0 Å². The fourth-order valence-corrected chi connectivity index (χ4v) is 2.60. The van der Waals surface area contributed by atoms with E-state index >= 15 is 0 Å². The molecule has 0 aromatic heterocycles. The molecule has 0 bridgehead atoms. The Bertz CT molecular complexity index is 336. The summed E-state index contributed by atoms with van der Waals surface area (Å²) in [5.74, 6) is 0.281. The number of aliphatic hydroxyl groups excluding tert-OH is 1. The van der Waals surface area contributed by atoms with E-state index in [0.717, 1.165) is 18.4 Å². The first-order valence-corrected chi connectivity index (χ1v) is 5.49. The maximum Gasteiger partial charge on any atom is 0.123 e. The molecule has 1 nitrogen and oxygen atoms in total. The summed E-state index contributed by atoms with van der Waals surface area (Å²) in [5, 5.41) is 9.47. The van der Waals surface area contributed by atoms with Gasteiger partial charge in [0.2, 0.25) is 0 Å². The zero-order chi connectivity index (χ0) is 11.1. The van der Waals surface area contributed by atoms with Gasteiger partial charge < -0.3 is 5.11 Å². The highest BCUT2D eigenvalue weighted by molar-refractivity contribution is 5.30. The standard InChI is InChI=1S/C13H17FO/c1-9(2)13(7-12(15)8-13)10-3-5-11(14)6-4-10/h3-6,9,12,15H,7-8H2,1-2H3. The lowest BCUT2D eigenvalue weighted by Crippen LogP contribution is -2.48. The molecule has 0 aliphatic heterocycles. The number of aliphatic hydroxyl groups is 1. The van der Waals surface area contributed by atoms with Crippen molar-refractivity contribution in [1.29, 1.82) is 0 Å². The van der Waals surface area contributed by atoms with Crippen molar-refractivity contribution in [1.82, 2.24) is 0 Å². The topological polar surface area (TPSA) is 20.2 Å². The Labute approximate surface area is 89.9 Å². The normalized spacial score (nSPS) is 30.3. The van der Waals surface area contributed by atoms with Gasteiger partial charge in [-0.05, 0) is 36.5 Å². The molecule has 2 rings (SSSR count). The zero-order valence-corrected chi connectivity index (χ0v) is 9.20. The molecule has 1 aliphatic rings. The molecule has 15 heavy (non-hydrogen) atoms. The van der Waals surface area contributed by atoms with Gasteiger partial charge in [-0.15, -0.1) is 0 Å². The van der Waals surface area contributed by atoms with E-state index in [1.807, 2.05) is 12.1 Å². The van der Waals surface area contributed by atoms with Gasteiger partial charge in [0, 0.05) is 5.41 Å². The largest absolute Gasteiger partial charge is 0.393 e. The van der Waals surface area contributed by atoms with E-state index in [9.17, 15) is 9.50 Å². The van der Waals surface area contributed by atoms with Crippen LogP contribution in [0.3, 0.4) is 0 Å². The summed E-state index contributed by atoms with van der Waals surface area (Å²) in [4.78, 5) is 0. The first kappa shape index (κ1) is 10.6. The average molecular weight is 208 g/mol. The molecule has 2 heteroatoms. The van der Waals surface area contributed by atoms with Gasteiger partial charge >= 0.3 is 0 Å². The van der Waals surface area contributed by atoms with Crippen molar-refractivity contribution < 1.29 is 9.50 Å². The van der Waals surface area contributed by atoms with Crippen LogP contribution in [0.5, 0.6) is 0 Å². The first-order chi connectivity index (χ1) is 7.04. The summed E-state index contributed by atoms with van der Waals surface area (Å²) < 4.78 is 12.8. The molecular weight excluding hydrogens is 191 g/mol. The van der Waals surface area contributed by atoms with Crippen molar-refractivity contribution in [2.45, 2.75) is 38.2 Å². The maximum atomic E-state index is 12.8. The molecule has 82 valence electrons. The average Bonchev–Trinajstić information content (AvgIpc) is 2.13. The summed E-state index contributed by atoms with van der Waals surface area (Å²) in [5.41, 5.74) is 1.22. The number of hydrogen-bond acceptors (Lipinski definition) is 1. The third-order valence-electron chi connectivity index (χ3n) is 3.72. The summed E-state index contributed by atoms with van der Waals surface area (Å²) >= 11 is 0. The smallest absolute Gasteiger partial charge is 0.123 e. The van der Waals surface area contributed by atoms with Gasteiger partial charge in [-0.3, -0.25) is 0 Å². The molecule has 0 heterocycles. The van der Waals surface area contributed by atoms with Gasteiger partial charge in [0.05, 0.1) is 6.10 Å². The minimum absolute atomic E-state index is 0.0626. The Kier molecular flexibility index (Phi) is 2.55. The molecule has 1 aromatic rings. The number of benzene rings is 1. The minimum Gasteiger partial charge on any atom is -0.393 e. The molecule has 0 radical (unpaired) electrons. The Morgan fingerprint density at radius 2 is 1.80 bits per heavy atom. The maximum absolute atomic E-state index is 12.8. The molecule has 0 spiro atoms. The van der Waals surface area contributed by atoms with Crippen LogP contribution >= 0.6 is 0 Å². The molecule has 1 saturated carbocycles. The van der Waals surface area contributed by atoms with Crippen LogP contribution in [0.2, 0.25) is 0 Å². The Morgan fingerprint density at radius 1 is 1.27 bits per heavy atom. The zero-order valence-electron chi connectivity index (χ0n) is 9.20. The van der Waals surface area contributed by atoms with Crippen LogP contribution in [0.15, 0.2) is 24.3 Å². The summed E-state index contributed by atoms with van der Waals surface area (Å²) in [6, 6.07) is 6.71. The lowest BCUT2D eigenvalue weighted by atomic mass is 9.57. The fourth-order valence-electron chi connectivity index (χ4n) is 2.60. The van der Waals surface area contributed by atoms with Gasteiger partial charge in [0.25, 0.3) is 0 Å². The highest BCUT2D eigenvalue weighted by atomic mass is 19.1. The minimum atomic E-state index is -0.197. The van der Waals surface area contributed by atoms with Gasteiger partial charge in [0.15, 0.2) is 0 Å². The fraction of sp³-hybridized carbons (Fsp3) is 0.538. The molecule has 0 amide bonds. The van der Waals surface area contributed by atoms with Crippen molar-refractivity contribution in [3.63, 3.8) is 0 Å². The number of rotatable bonds is 2. The van der Waals surface area contributed by atoms with Crippen LogP contribution < -0.4 is 0 Å². The van der Waals surface area contributed by atoms with Crippen molar-refractivity contribution in [2.24, 2.45) is 5.92 Å². The quantitative estimate of drug-likeness (QED) is 0.792. The lowest BCUT2D eigenvalue weighted by Gasteiger charge is -2.49. The molecular formula is C13H17FO. The molecule has 0 unspecified atom stereocenters. The third-order valence-corrected chi connectivity index (χ3v) is 3.72. The summed E-state index contributed by atoms with van der Waals surface area (Å²) in [6.07, 6.45) is 1.42. The van der Waals surface area contributed by atoms with Gasteiger partial charge in [-0.25, -0.2) is 4.39 Å². The van der Waals surface area contributed by atoms with E-state index in [4.69, 9.17) is 0 Å². The van der Waals surface area contributed by atoms with E-state index in [1.165, 1.54) is 12.1 Å². The molecule has 1 fully saturated rings. The Hall–Kier alpha value is -0.890. The van der Waals surface area contributed by atoms with Gasteiger partial charge in [0.1, 0.15) is 5.82 Å². The second-order valence-corrected chi connectivity index (χ2v) is 4.88. The molecule has 0 saturated heterocycles. The van der Waals surface area contributed by atoms with Crippen molar-refractivity contribution >= 4 is 0 Å². The van der Waals surface area contributed by atoms with E-state index in [2.05, 4.69) is 13.8 Å². The summed E-state index contributed by atoms with van der Waals surface area (Å²) in [7, 11) is 0. The predicted molar refractivity (Wildman–Crippen MR) is 58.2 cm³/mol. The van der Waals surface area contributed by atoms with Crippen molar-refractivity contribution in [2.75, 3.05) is 0 Å². The van der Waals surface area contributed by atoms with Gasteiger partial charge in [-0.1, -0.05) is 26.0 Å². The van der Waals surface area contributed by atoms with E-state index < -0.39 is 0 Å². The molecule has 1 N–H and O–H groups in total. The third kappa shape index (κ3) is 1.67. The van der Waals surface area contributed by atoms with Gasteiger partial charge in [-0.2, -0.15) is 0 Å². The lowest BCUT2D eigenvalue weighted by molar-refractivity contribution is -0.00686. The van der Waals surface area contributed by atoms with Crippen LogP contribution in [-0.2, 0) is 5.41 Å². The molecule has 1 aliphatic carbocycles. The van der Waals surface area contributed by atoms with E-state index in [-0.39, 0.29) is 17.3 Å².